The Kier molecular flexibility index (Phi) is 7.80. The van der Waals surface area contributed by atoms with Crippen molar-refractivity contribution in [2.45, 2.75) is 43.0 Å². The average Bonchev–Trinajstić information content (AvgIpc) is 2.71. The fraction of sp³-hybridized carbons (Fsp3) is 0.350. The molecule has 2 rings (SSSR count). The number of hydrogen-bond donors (Lipinski definition) is 2. The lowest BCUT2D eigenvalue weighted by Crippen LogP contribution is -2.67. The van der Waals surface area contributed by atoms with Crippen LogP contribution >= 0.6 is 11.6 Å². The maximum Gasteiger partial charge on any atom is 0.460 e. The van der Waals surface area contributed by atoms with Crippen LogP contribution in [-0.2, 0) is 0 Å². The van der Waals surface area contributed by atoms with E-state index in [2.05, 4.69) is 5.32 Å². The number of carbonyl (C=O) groups is 1. The standard InChI is InChI=1S/C20H13ClF12N2O/c1-9-6-10(21)8-11(7-9)34-15(36)35-13-5-3-2-4-12(13)14(22)16(23,24)17(25,26)18(27,28)19(29,30)20(31,32)33/h2-8,14H,1H3,(H2,34,35,36). The summed E-state index contributed by atoms with van der Waals surface area (Å²) >= 11 is 5.79. The first-order valence-corrected chi connectivity index (χ1v) is 9.70. The van der Waals surface area contributed by atoms with E-state index in [0.29, 0.717) is 17.7 Å². The quantitative estimate of drug-likeness (QED) is 0.328. The molecule has 0 aliphatic heterocycles. The van der Waals surface area contributed by atoms with Gasteiger partial charge in [-0.05, 0) is 36.8 Å². The molecule has 2 N–H and O–H groups in total. The second-order valence-corrected chi connectivity index (χ2v) is 7.83. The van der Waals surface area contributed by atoms with Crippen LogP contribution in [0.3, 0.4) is 0 Å². The monoisotopic (exact) mass is 560 g/mol. The SMILES string of the molecule is Cc1cc(Cl)cc(NC(=O)Nc2ccccc2C(F)C(F)(F)C(F)(F)C(F)(F)C(F)(F)C(F)(F)F)c1. The lowest BCUT2D eigenvalue weighted by Gasteiger charge is -2.38. The number of nitrogens with one attached hydrogen (secondary N) is 2. The van der Waals surface area contributed by atoms with Gasteiger partial charge in [-0.25, -0.2) is 9.18 Å². The van der Waals surface area contributed by atoms with Gasteiger partial charge in [-0.15, -0.1) is 0 Å². The number of rotatable bonds is 7. The van der Waals surface area contributed by atoms with Gasteiger partial charge in [-0.1, -0.05) is 29.8 Å². The number of alkyl halides is 12. The lowest BCUT2D eigenvalue weighted by atomic mass is 9.91. The van der Waals surface area contributed by atoms with Crippen molar-refractivity contribution >= 4 is 29.0 Å². The van der Waals surface area contributed by atoms with Crippen LogP contribution in [0.5, 0.6) is 0 Å². The molecule has 0 radical (unpaired) electrons. The molecule has 16 heteroatoms. The van der Waals surface area contributed by atoms with E-state index in [0.717, 1.165) is 12.1 Å². The van der Waals surface area contributed by atoms with E-state index in [1.165, 1.54) is 18.2 Å². The van der Waals surface area contributed by atoms with Gasteiger partial charge < -0.3 is 10.6 Å². The van der Waals surface area contributed by atoms with Gasteiger partial charge in [0.1, 0.15) is 0 Å². The lowest BCUT2D eigenvalue weighted by molar-refractivity contribution is -0.427. The minimum Gasteiger partial charge on any atom is -0.308 e. The van der Waals surface area contributed by atoms with Crippen molar-refractivity contribution in [3.05, 3.63) is 58.6 Å². The molecule has 0 aromatic heterocycles. The summed E-state index contributed by atoms with van der Waals surface area (Å²) < 4.78 is 161. The van der Waals surface area contributed by atoms with Crippen LogP contribution < -0.4 is 10.6 Å². The Balaban J connectivity index is 2.41. The molecule has 0 saturated carbocycles. The Morgan fingerprint density at radius 3 is 1.89 bits per heavy atom. The van der Waals surface area contributed by atoms with E-state index in [9.17, 15) is 57.5 Å². The number of hydrogen-bond acceptors (Lipinski definition) is 1. The predicted molar refractivity (Wildman–Crippen MR) is 105 cm³/mol. The second kappa shape index (κ2) is 9.56. The van der Waals surface area contributed by atoms with Gasteiger partial charge in [-0.3, -0.25) is 0 Å². The maximum atomic E-state index is 14.6. The molecule has 36 heavy (non-hydrogen) atoms. The van der Waals surface area contributed by atoms with Crippen molar-refractivity contribution in [3.63, 3.8) is 0 Å². The smallest absolute Gasteiger partial charge is 0.308 e. The number of para-hydroxylation sites is 1. The number of benzene rings is 2. The number of amides is 2. The molecule has 1 unspecified atom stereocenters. The van der Waals surface area contributed by atoms with Crippen molar-refractivity contribution in [1.29, 1.82) is 0 Å². The zero-order valence-electron chi connectivity index (χ0n) is 17.4. The van der Waals surface area contributed by atoms with Gasteiger partial charge in [0.2, 0.25) is 0 Å². The zero-order chi connectivity index (χ0) is 27.9. The predicted octanol–water partition coefficient (Wildman–Crippen LogP) is 8.41. The topological polar surface area (TPSA) is 41.1 Å². The van der Waals surface area contributed by atoms with Crippen LogP contribution in [0, 0.1) is 6.92 Å². The molecule has 1 atom stereocenters. The van der Waals surface area contributed by atoms with Crippen LogP contribution in [0.2, 0.25) is 5.02 Å². The van der Waals surface area contributed by atoms with Crippen molar-refractivity contribution in [3.8, 4) is 0 Å². The third kappa shape index (κ3) is 5.15. The van der Waals surface area contributed by atoms with E-state index >= 15 is 0 Å². The largest absolute Gasteiger partial charge is 0.460 e. The van der Waals surface area contributed by atoms with Crippen molar-refractivity contribution in [2.75, 3.05) is 10.6 Å². The Morgan fingerprint density at radius 2 is 1.36 bits per heavy atom. The summed E-state index contributed by atoms with van der Waals surface area (Å²) in [7, 11) is 0. The molecule has 200 valence electrons. The normalized spacial score (nSPS) is 14.4. The van der Waals surface area contributed by atoms with E-state index in [-0.39, 0.29) is 10.7 Å². The van der Waals surface area contributed by atoms with E-state index in [1.807, 2.05) is 0 Å². The summed E-state index contributed by atoms with van der Waals surface area (Å²) in [6, 6.07) is 5.41. The molecular weight excluding hydrogens is 548 g/mol. The molecule has 0 heterocycles. The molecule has 0 aliphatic carbocycles. The van der Waals surface area contributed by atoms with E-state index in [1.54, 1.807) is 12.2 Å². The summed E-state index contributed by atoms with van der Waals surface area (Å²) in [5.74, 6) is -29.8. The fourth-order valence-corrected chi connectivity index (χ4v) is 3.15. The molecule has 0 aliphatic rings. The highest BCUT2D eigenvalue weighted by atomic mass is 35.5. The van der Waals surface area contributed by atoms with Gasteiger partial charge in [0.25, 0.3) is 0 Å². The highest BCUT2D eigenvalue weighted by molar-refractivity contribution is 6.31. The summed E-state index contributed by atoms with van der Waals surface area (Å²) in [5.41, 5.74) is -2.06. The highest BCUT2D eigenvalue weighted by Gasteiger charge is 2.88. The molecule has 3 nitrogen and oxygen atoms in total. The molecular formula is C20H13ClF12N2O. The Labute approximate surface area is 199 Å². The van der Waals surface area contributed by atoms with Crippen molar-refractivity contribution in [1.82, 2.24) is 0 Å². The van der Waals surface area contributed by atoms with Crippen LogP contribution in [0.1, 0.15) is 17.3 Å². The first-order valence-electron chi connectivity index (χ1n) is 9.33. The average molecular weight is 561 g/mol. The van der Waals surface area contributed by atoms with Crippen LogP contribution in [0.25, 0.3) is 0 Å². The Hall–Kier alpha value is -2.84. The third-order valence-corrected chi connectivity index (χ3v) is 4.88. The second-order valence-electron chi connectivity index (χ2n) is 7.39. The zero-order valence-corrected chi connectivity index (χ0v) is 18.2. The van der Waals surface area contributed by atoms with Crippen molar-refractivity contribution in [2.24, 2.45) is 0 Å². The van der Waals surface area contributed by atoms with Gasteiger partial charge in [0, 0.05) is 22.0 Å². The summed E-state index contributed by atoms with van der Waals surface area (Å²) in [6.45, 7) is 1.57. The summed E-state index contributed by atoms with van der Waals surface area (Å²) in [4.78, 5) is 12.2. The van der Waals surface area contributed by atoms with Gasteiger partial charge in [0.05, 0.1) is 0 Å². The van der Waals surface area contributed by atoms with Crippen molar-refractivity contribution < 1.29 is 57.5 Å². The molecule has 0 saturated heterocycles. The first-order chi connectivity index (χ1) is 16.2. The molecule has 0 fully saturated rings. The van der Waals surface area contributed by atoms with Gasteiger partial charge in [-0.2, -0.15) is 48.3 Å². The molecule has 0 bridgehead atoms. The molecule has 0 spiro atoms. The number of aryl methyl sites for hydroxylation is 1. The minimum absolute atomic E-state index is 0.0256. The van der Waals surface area contributed by atoms with Gasteiger partial charge >= 0.3 is 35.9 Å². The maximum absolute atomic E-state index is 14.6. The highest BCUT2D eigenvalue weighted by Crippen LogP contribution is 2.60. The minimum atomic E-state index is -7.77. The molecule has 2 aromatic rings. The third-order valence-electron chi connectivity index (χ3n) is 4.66. The van der Waals surface area contributed by atoms with Crippen LogP contribution in [-0.4, -0.2) is 35.9 Å². The number of halogens is 13. The number of anilines is 2. The van der Waals surface area contributed by atoms with Crippen LogP contribution in [0.15, 0.2) is 42.5 Å². The van der Waals surface area contributed by atoms with Gasteiger partial charge in [0.15, 0.2) is 6.17 Å². The summed E-state index contributed by atoms with van der Waals surface area (Å²) in [5, 5.41) is 4.05. The van der Waals surface area contributed by atoms with Crippen LogP contribution in [0.4, 0.5) is 68.9 Å². The van der Waals surface area contributed by atoms with E-state index in [4.69, 9.17) is 11.6 Å². The Morgan fingerprint density at radius 1 is 0.806 bits per heavy atom. The molecule has 2 aromatic carbocycles. The summed E-state index contributed by atoms with van der Waals surface area (Å²) in [6.07, 6.45) is -12.0. The fourth-order valence-electron chi connectivity index (χ4n) is 2.86. The Bertz CT molecular complexity index is 1100. The van der Waals surface area contributed by atoms with E-state index < -0.39 is 53.3 Å². The molecule has 2 amide bonds. The number of carbonyl (C=O) groups excluding carboxylic acids is 1. The first kappa shape index (κ1) is 29.4. The number of urea groups is 1.